The van der Waals surface area contributed by atoms with Crippen molar-refractivity contribution in [2.45, 2.75) is 38.1 Å². The fraction of sp³-hybridized carbons (Fsp3) is 0.526. The molecule has 0 spiro atoms. The van der Waals surface area contributed by atoms with Gasteiger partial charge in [-0.3, -0.25) is 4.98 Å². The van der Waals surface area contributed by atoms with Gasteiger partial charge in [0, 0.05) is 24.5 Å². The monoisotopic (exact) mass is 311 g/mol. The van der Waals surface area contributed by atoms with Gasteiger partial charge in [0.15, 0.2) is 0 Å². The average Bonchev–Trinajstić information content (AvgIpc) is 2.62. The van der Waals surface area contributed by atoms with E-state index in [9.17, 15) is 5.11 Å². The summed E-state index contributed by atoms with van der Waals surface area (Å²) in [6.07, 6.45) is 8.62. The maximum atomic E-state index is 9.66. The minimum atomic E-state index is 0.306. The molecule has 0 bridgehead atoms. The van der Waals surface area contributed by atoms with E-state index in [4.69, 9.17) is 0 Å². The third kappa shape index (κ3) is 3.13. The number of anilines is 1. The molecule has 2 aliphatic rings. The van der Waals surface area contributed by atoms with Crippen molar-refractivity contribution < 1.29 is 5.11 Å². The molecule has 0 saturated carbocycles. The Balaban J connectivity index is 1.45. The van der Waals surface area contributed by atoms with Gasteiger partial charge >= 0.3 is 0 Å². The van der Waals surface area contributed by atoms with Crippen LogP contribution in [0.5, 0.6) is 5.75 Å². The summed E-state index contributed by atoms with van der Waals surface area (Å²) in [5.41, 5.74) is 2.12. The number of aromatic nitrogens is 1. The smallest absolute Gasteiger partial charge is 0.116 e. The van der Waals surface area contributed by atoms with Crippen LogP contribution < -0.4 is 4.90 Å². The zero-order valence-corrected chi connectivity index (χ0v) is 13.6. The first kappa shape index (κ1) is 14.8. The Morgan fingerprint density at radius 1 is 0.957 bits per heavy atom. The summed E-state index contributed by atoms with van der Waals surface area (Å²) in [4.78, 5) is 9.69. The van der Waals surface area contributed by atoms with Gasteiger partial charge in [-0.25, -0.2) is 0 Å². The number of phenolic OH excluding ortho intramolecular Hbond substituents is 1. The van der Waals surface area contributed by atoms with E-state index in [2.05, 4.69) is 20.9 Å². The number of aromatic hydroxyl groups is 1. The highest BCUT2D eigenvalue weighted by Crippen LogP contribution is 2.27. The summed E-state index contributed by atoms with van der Waals surface area (Å²) >= 11 is 0. The maximum Gasteiger partial charge on any atom is 0.116 e. The second-order valence-corrected chi connectivity index (χ2v) is 6.89. The summed E-state index contributed by atoms with van der Waals surface area (Å²) in [7, 11) is 0. The van der Waals surface area contributed by atoms with Crippen LogP contribution in [0.25, 0.3) is 10.9 Å². The van der Waals surface area contributed by atoms with Gasteiger partial charge in [-0.15, -0.1) is 0 Å². The molecule has 1 N–H and O–H groups in total. The summed E-state index contributed by atoms with van der Waals surface area (Å²) < 4.78 is 0. The van der Waals surface area contributed by atoms with E-state index in [1.165, 1.54) is 50.9 Å². The minimum absolute atomic E-state index is 0.306. The number of rotatable bonds is 2. The summed E-state index contributed by atoms with van der Waals surface area (Å²) in [5.74, 6) is 0.306. The minimum Gasteiger partial charge on any atom is -0.508 e. The lowest BCUT2D eigenvalue weighted by molar-refractivity contribution is 0.141. The third-order valence-electron chi connectivity index (χ3n) is 5.39. The molecule has 0 radical (unpaired) electrons. The molecule has 3 heterocycles. The highest BCUT2D eigenvalue weighted by Gasteiger charge is 2.25. The highest BCUT2D eigenvalue weighted by molar-refractivity contribution is 5.83. The fourth-order valence-corrected chi connectivity index (χ4v) is 4.05. The number of piperidine rings is 2. The molecule has 2 aliphatic heterocycles. The molecule has 2 aromatic rings. The molecule has 4 rings (SSSR count). The molecular weight excluding hydrogens is 286 g/mol. The number of nitrogens with zero attached hydrogens (tertiary/aromatic N) is 3. The first-order valence-electron chi connectivity index (χ1n) is 8.87. The van der Waals surface area contributed by atoms with Gasteiger partial charge in [0.25, 0.3) is 0 Å². The van der Waals surface area contributed by atoms with Crippen molar-refractivity contribution in [2.24, 2.45) is 0 Å². The zero-order valence-electron chi connectivity index (χ0n) is 13.6. The number of fused-ring (bicyclic) bond motifs is 1. The van der Waals surface area contributed by atoms with E-state index >= 15 is 0 Å². The van der Waals surface area contributed by atoms with Gasteiger partial charge in [-0.05, 0) is 63.0 Å². The van der Waals surface area contributed by atoms with Crippen LogP contribution in [0.4, 0.5) is 5.69 Å². The van der Waals surface area contributed by atoms with Crippen LogP contribution >= 0.6 is 0 Å². The standard InChI is InChI=1S/C19H25N3O/c23-18-4-5-19-15(13-18)12-17(14-20-19)22-10-6-16(7-11-22)21-8-2-1-3-9-21/h4-5,12-14,16,23H,1-3,6-11H2. The van der Waals surface area contributed by atoms with E-state index < -0.39 is 0 Å². The molecule has 0 amide bonds. The van der Waals surface area contributed by atoms with Gasteiger partial charge in [0.1, 0.15) is 5.75 Å². The molecule has 2 saturated heterocycles. The summed E-state index contributed by atoms with van der Waals surface area (Å²) in [5, 5.41) is 10.7. The Labute approximate surface area is 137 Å². The molecule has 122 valence electrons. The molecule has 1 aromatic heterocycles. The molecule has 4 heteroatoms. The van der Waals surface area contributed by atoms with Gasteiger partial charge in [0.05, 0.1) is 17.4 Å². The molecule has 0 aliphatic carbocycles. The first-order valence-corrected chi connectivity index (χ1v) is 8.87. The van der Waals surface area contributed by atoms with Crippen LogP contribution in [0, 0.1) is 0 Å². The van der Waals surface area contributed by atoms with E-state index in [1.807, 2.05) is 12.3 Å². The van der Waals surface area contributed by atoms with Crippen molar-refractivity contribution in [1.82, 2.24) is 9.88 Å². The maximum absolute atomic E-state index is 9.66. The number of benzene rings is 1. The second kappa shape index (κ2) is 6.36. The van der Waals surface area contributed by atoms with Crippen molar-refractivity contribution in [1.29, 1.82) is 0 Å². The predicted octanol–water partition coefficient (Wildman–Crippen LogP) is 3.40. The van der Waals surface area contributed by atoms with E-state index in [-0.39, 0.29) is 0 Å². The fourth-order valence-electron chi connectivity index (χ4n) is 4.05. The second-order valence-electron chi connectivity index (χ2n) is 6.89. The van der Waals surface area contributed by atoms with Crippen LogP contribution in [-0.4, -0.2) is 47.2 Å². The van der Waals surface area contributed by atoms with Crippen LogP contribution in [0.2, 0.25) is 0 Å². The van der Waals surface area contributed by atoms with E-state index in [0.29, 0.717) is 5.75 Å². The number of likely N-dealkylation sites (tertiary alicyclic amines) is 1. The quantitative estimate of drug-likeness (QED) is 0.923. The number of hydrogen-bond donors (Lipinski definition) is 1. The SMILES string of the molecule is Oc1ccc2ncc(N3CCC(N4CCCCC4)CC3)cc2c1. The van der Waals surface area contributed by atoms with Crippen molar-refractivity contribution in [2.75, 3.05) is 31.1 Å². The van der Waals surface area contributed by atoms with E-state index in [0.717, 1.165) is 30.0 Å². The van der Waals surface area contributed by atoms with Crippen LogP contribution in [0.15, 0.2) is 30.5 Å². The number of phenols is 1. The Hall–Kier alpha value is -1.81. The van der Waals surface area contributed by atoms with Crippen molar-refractivity contribution in [3.05, 3.63) is 30.5 Å². The van der Waals surface area contributed by atoms with Crippen molar-refractivity contribution in [3.8, 4) is 5.75 Å². The summed E-state index contributed by atoms with van der Waals surface area (Å²) in [6.45, 7) is 4.79. The predicted molar refractivity (Wildman–Crippen MR) is 94.1 cm³/mol. The Morgan fingerprint density at radius 3 is 2.52 bits per heavy atom. The lowest BCUT2D eigenvalue weighted by Gasteiger charge is -2.40. The molecule has 1 aromatic carbocycles. The molecule has 0 atom stereocenters. The lowest BCUT2D eigenvalue weighted by atomic mass is 9.99. The molecule has 23 heavy (non-hydrogen) atoms. The zero-order chi connectivity index (χ0) is 15.6. The Kier molecular flexibility index (Phi) is 4.08. The Morgan fingerprint density at radius 2 is 1.74 bits per heavy atom. The average molecular weight is 311 g/mol. The molecule has 4 nitrogen and oxygen atoms in total. The number of pyridine rings is 1. The van der Waals surface area contributed by atoms with Crippen molar-refractivity contribution >= 4 is 16.6 Å². The largest absolute Gasteiger partial charge is 0.508 e. The van der Waals surface area contributed by atoms with Gasteiger partial charge < -0.3 is 14.9 Å². The Bertz CT molecular complexity index is 673. The lowest BCUT2D eigenvalue weighted by Crippen LogP contribution is -2.46. The molecule has 0 unspecified atom stereocenters. The van der Waals surface area contributed by atoms with Crippen molar-refractivity contribution in [3.63, 3.8) is 0 Å². The van der Waals surface area contributed by atoms with Crippen LogP contribution in [-0.2, 0) is 0 Å². The normalized spacial score (nSPS) is 21.0. The van der Waals surface area contributed by atoms with Crippen LogP contribution in [0.3, 0.4) is 0 Å². The third-order valence-corrected chi connectivity index (χ3v) is 5.39. The molecule has 2 fully saturated rings. The molecular formula is C19H25N3O. The topological polar surface area (TPSA) is 39.6 Å². The summed E-state index contributed by atoms with van der Waals surface area (Å²) in [6, 6.07) is 8.29. The van der Waals surface area contributed by atoms with Gasteiger partial charge in [-0.2, -0.15) is 0 Å². The number of hydrogen-bond acceptors (Lipinski definition) is 4. The highest BCUT2D eigenvalue weighted by atomic mass is 16.3. The van der Waals surface area contributed by atoms with Gasteiger partial charge in [-0.1, -0.05) is 6.42 Å². The van der Waals surface area contributed by atoms with E-state index in [1.54, 1.807) is 12.1 Å². The van der Waals surface area contributed by atoms with Gasteiger partial charge in [0.2, 0.25) is 0 Å². The van der Waals surface area contributed by atoms with Crippen LogP contribution in [0.1, 0.15) is 32.1 Å². The first-order chi connectivity index (χ1) is 11.3.